The van der Waals surface area contributed by atoms with Gasteiger partial charge in [0.25, 0.3) is 5.56 Å². The highest BCUT2D eigenvalue weighted by Gasteiger charge is 2.10. The average Bonchev–Trinajstić information content (AvgIpc) is 2.80. The second-order valence-corrected chi connectivity index (χ2v) is 4.86. The van der Waals surface area contributed by atoms with Crippen molar-refractivity contribution in [2.24, 2.45) is 0 Å². The largest absolute Gasteiger partial charge is 0.354 e. The SMILES string of the molecule is Cc1c2cc[nH]c(=O)c2cc2c1[nH]c1ccccc12. The molecule has 0 amide bonds. The number of fused-ring (bicyclic) bond motifs is 4. The van der Waals surface area contributed by atoms with E-state index in [-0.39, 0.29) is 5.56 Å². The molecule has 2 N–H and O–H groups in total. The highest BCUT2D eigenvalue weighted by atomic mass is 16.1. The van der Waals surface area contributed by atoms with Crippen LogP contribution in [0.3, 0.4) is 0 Å². The first-order valence-corrected chi connectivity index (χ1v) is 6.27. The zero-order valence-corrected chi connectivity index (χ0v) is 10.4. The van der Waals surface area contributed by atoms with Crippen molar-refractivity contribution in [2.45, 2.75) is 6.92 Å². The molecule has 0 atom stereocenters. The van der Waals surface area contributed by atoms with Gasteiger partial charge >= 0.3 is 0 Å². The van der Waals surface area contributed by atoms with Crippen molar-refractivity contribution in [1.82, 2.24) is 9.97 Å². The number of pyridine rings is 1. The Labute approximate surface area is 108 Å². The van der Waals surface area contributed by atoms with Crippen LogP contribution in [-0.2, 0) is 0 Å². The lowest BCUT2D eigenvalue weighted by molar-refractivity contribution is 1.27. The first-order chi connectivity index (χ1) is 9.25. The summed E-state index contributed by atoms with van der Waals surface area (Å²) < 4.78 is 0. The van der Waals surface area contributed by atoms with Crippen LogP contribution >= 0.6 is 0 Å². The Kier molecular flexibility index (Phi) is 1.90. The van der Waals surface area contributed by atoms with Crippen LogP contribution in [0.5, 0.6) is 0 Å². The van der Waals surface area contributed by atoms with E-state index in [1.807, 2.05) is 24.3 Å². The molecule has 0 spiro atoms. The minimum atomic E-state index is -0.0345. The number of aromatic amines is 2. The lowest BCUT2D eigenvalue weighted by Crippen LogP contribution is -2.04. The van der Waals surface area contributed by atoms with Gasteiger partial charge in [0.15, 0.2) is 0 Å². The van der Waals surface area contributed by atoms with Crippen LogP contribution in [-0.4, -0.2) is 9.97 Å². The first-order valence-electron chi connectivity index (χ1n) is 6.27. The van der Waals surface area contributed by atoms with Crippen molar-refractivity contribution in [2.75, 3.05) is 0 Å². The highest BCUT2D eigenvalue weighted by Crippen LogP contribution is 2.31. The fourth-order valence-corrected chi connectivity index (χ4v) is 2.85. The topological polar surface area (TPSA) is 48.6 Å². The van der Waals surface area contributed by atoms with Crippen LogP contribution in [0.15, 0.2) is 47.4 Å². The number of aromatic nitrogens is 2. The van der Waals surface area contributed by atoms with Gasteiger partial charge in [0, 0.05) is 27.9 Å². The van der Waals surface area contributed by atoms with Gasteiger partial charge < -0.3 is 9.97 Å². The molecule has 0 saturated carbocycles. The van der Waals surface area contributed by atoms with Gasteiger partial charge in [-0.05, 0) is 36.1 Å². The van der Waals surface area contributed by atoms with Crippen LogP contribution in [0.4, 0.5) is 0 Å². The van der Waals surface area contributed by atoms with E-state index in [1.165, 1.54) is 0 Å². The number of H-pyrrole nitrogens is 2. The maximum atomic E-state index is 12.0. The molecule has 3 nitrogen and oxygen atoms in total. The molecule has 4 rings (SSSR count). The average molecular weight is 248 g/mol. The lowest BCUT2D eigenvalue weighted by Gasteiger charge is -2.03. The monoisotopic (exact) mass is 248 g/mol. The van der Waals surface area contributed by atoms with Gasteiger partial charge in [0.2, 0.25) is 0 Å². The number of para-hydroxylation sites is 1. The molecular formula is C16H12N2O. The third kappa shape index (κ3) is 1.30. The van der Waals surface area contributed by atoms with Gasteiger partial charge in [-0.1, -0.05) is 18.2 Å². The highest BCUT2D eigenvalue weighted by molar-refractivity contribution is 6.13. The summed E-state index contributed by atoms with van der Waals surface area (Å²) in [6, 6.07) is 12.1. The van der Waals surface area contributed by atoms with E-state index in [4.69, 9.17) is 0 Å². The van der Waals surface area contributed by atoms with Gasteiger partial charge in [-0.15, -0.1) is 0 Å². The number of hydrogen-bond donors (Lipinski definition) is 2. The molecule has 2 aromatic heterocycles. The molecule has 0 radical (unpaired) electrons. The normalized spacial score (nSPS) is 11.6. The third-order valence-corrected chi connectivity index (χ3v) is 3.81. The van der Waals surface area contributed by atoms with Crippen LogP contribution in [0, 0.1) is 6.92 Å². The molecule has 19 heavy (non-hydrogen) atoms. The van der Waals surface area contributed by atoms with Crippen molar-refractivity contribution >= 4 is 32.6 Å². The van der Waals surface area contributed by atoms with Crippen LogP contribution in [0.25, 0.3) is 32.6 Å². The summed E-state index contributed by atoms with van der Waals surface area (Å²) >= 11 is 0. The summed E-state index contributed by atoms with van der Waals surface area (Å²) in [6.45, 7) is 2.06. The predicted molar refractivity (Wildman–Crippen MR) is 78.7 cm³/mol. The lowest BCUT2D eigenvalue weighted by atomic mass is 10.0. The fraction of sp³-hybridized carbons (Fsp3) is 0.0625. The third-order valence-electron chi connectivity index (χ3n) is 3.81. The molecule has 4 aromatic rings. The number of hydrogen-bond acceptors (Lipinski definition) is 1. The summed E-state index contributed by atoms with van der Waals surface area (Å²) in [5, 5.41) is 4.02. The fourth-order valence-electron chi connectivity index (χ4n) is 2.85. The molecule has 0 fully saturated rings. The van der Waals surface area contributed by atoms with Gasteiger partial charge in [0.05, 0.1) is 5.52 Å². The molecule has 2 heterocycles. The summed E-state index contributed by atoms with van der Waals surface area (Å²) in [6.07, 6.45) is 1.70. The number of rotatable bonds is 0. The van der Waals surface area contributed by atoms with E-state index in [1.54, 1.807) is 6.20 Å². The van der Waals surface area contributed by atoms with E-state index in [9.17, 15) is 4.79 Å². The quantitative estimate of drug-likeness (QED) is 0.492. The Morgan fingerprint density at radius 1 is 0.947 bits per heavy atom. The zero-order chi connectivity index (χ0) is 13.0. The summed E-state index contributed by atoms with van der Waals surface area (Å²) in [5.41, 5.74) is 3.30. The molecular weight excluding hydrogens is 236 g/mol. The summed E-state index contributed by atoms with van der Waals surface area (Å²) in [4.78, 5) is 18.2. The Morgan fingerprint density at radius 2 is 1.79 bits per heavy atom. The predicted octanol–water partition coefficient (Wildman–Crippen LogP) is 3.47. The Balaban J connectivity index is 2.37. The maximum absolute atomic E-state index is 12.0. The standard InChI is InChI=1S/C16H12N2O/c1-9-10-6-7-17-16(19)13(10)8-12-11-4-2-3-5-14(11)18-15(9)12/h2-8,18H,1H3,(H,17,19). The Bertz CT molecular complexity index is 992. The minimum absolute atomic E-state index is 0.0345. The van der Waals surface area contributed by atoms with E-state index >= 15 is 0 Å². The van der Waals surface area contributed by atoms with Gasteiger partial charge in [-0.3, -0.25) is 4.79 Å². The molecule has 0 aliphatic rings. The van der Waals surface area contributed by atoms with Crippen LogP contribution in [0.1, 0.15) is 5.56 Å². The molecule has 2 aromatic carbocycles. The number of aryl methyl sites for hydroxylation is 1. The van der Waals surface area contributed by atoms with Crippen LogP contribution in [0.2, 0.25) is 0 Å². The van der Waals surface area contributed by atoms with Gasteiger partial charge in [-0.25, -0.2) is 0 Å². The molecule has 3 heteroatoms. The number of benzene rings is 2. The summed E-state index contributed by atoms with van der Waals surface area (Å²) in [7, 11) is 0. The molecule has 0 unspecified atom stereocenters. The molecule has 0 bridgehead atoms. The summed E-state index contributed by atoms with van der Waals surface area (Å²) in [5.74, 6) is 0. The van der Waals surface area contributed by atoms with Crippen molar-refractivity contribution in [3.8, 4) is 0 Å². The minimum Gasteiger partial charge on any atom is -0.354 e. The van der Waals surface area contributed by atoms with Gasteiger partial charge in [0.1, 0.15) is 0 Å². The van der Waals surface area contributed by atoms with E-state index < -0.39 is 0 Å². The van der Waals surface area contributed by atoms with Crippen molar-refractivity contribution in [1.29, 1.82) is 0 Å². The van der Waals surface area contributed by atoms with Crippen LogP contribution < -0.4 is 5.56 Å². The number of nitrogens with one attached hydrogen (secondary N) is 2. The smallest absolute Gasteiger partial charge is 0.255 e. The molecule has 92 valence electrons. The Morgan fingerprint density at radius 3 is 2.68 bits per heavy atom. The van der Waals surface area contributed by atoms with E-state index in [0.717, 1.165) is 38.1 Å². The van der Waals surface area contributed by atoms with Crippen molar-refractivity contribution < 1.29 is 0 Å². The van der Waals surface area contributed by atoms with Crippen molar-refractivity contribution in [3.05, 3.63) is 58.5 Å². The molecule has 0 saturated heterocycles. The maximum Gasteiger partial charge on any atom is 0.255 e. The first kappa shape index (κ1) is 10.4. The van der Waals surface area contributed by atoms with Gasteiger partial charge in [-0.2, -0.15) is 0 Å². The Hall–Kier alpha value is -2.55. The van der Waals surface area contributed by atoms with Crippen molar-refractivity contribution in [3.63, 3.8) is 0 Å². The van der Waals surface area contributed by atoms with E-state index in [0.29, 0.717) is 0 Å². The second kappa shape index (κ2) is 3.48. The molecule has 0 aliphatic heterocycles. The second-order valence-electron chi connectivity index (χ2n) is 4.86. The van der Waals surface area contributed by atoms with E-state index in [2.05, 4.69) is 29.0 Å². The zero-order valence-electron chi connectivity index (χ0n) is 10.4. The molecule has 0 aliphatic carbocycles.